The van der Waals surface area contributed by atoms with E-state index in [1.54, 1.807) is 6.92 Å². The third-order valence-corrected chi connectivity index (χ3v) is 3.21. The van der Waals surface area contributed by atoms with Crippen molar-refractivity contribution in [3.8, 4) is 0 Å². The third-order valence-electron chi connectivity index (χ3n) is 3.21. The van der Waals surface area contributed by atoms with Gasteiger partial charge in [0.2, 0.25) is 5.91 Å². The summed E-state index contributed by atoms with van der Waals surface area (Å²) in [7, 11) is 0. The van der Waals surface area contributed by atoms with Crippen LogP contribution in [0, 0.1) is 5.41 Å². The van der Waals surface area contributed by atoms with Gasteiger partial charge in [-0.1, -0.05) is 6.92 Å². The van der Waals surface area contributed by atoms with Crippen LogP contribution in [-0.2, 0) is 14.4 Å². The summed E-state index contributed by atoms with van der Waals surface area (Å²) in [5.41, 5.74) is -1.06. The number of imide groups is 1. The van der Waals surface area contributed by atoms with Crippen LogP contribution in [-0.4, -0.2) is 53.5 Å². The first kappa shape index (κ1) is 14.9. The lowest BCUT2D eigenvalue weighted by Gasteiger charge is -2.23. The van der Waals surface area contributed by atoms with Gasteiger partial charge in [0.05, 0.1) is 12.0 Å². The Hall–Kier alpha value is -2.12. The van der Waals surface area contributed by atoms with Gasteiger partial charge in [-0.15, -0.1) is 0 Å². The molecule has 1 fully saturated rings. The monoisotopic (exact) mass is 271 g/mol. The Morgan fingerprint density at radius 2 is 2.11 bits per heavy atom. The van der Waals surface area contributed by atoms with Crippen molar-refractivity contribution in [1.82, 2.24) is 15.5 Å². The van der Waals surface area contributed by atoms with Gasteiger partial charge in [0.25, 0.3) is 5.91 Å². The maximum absolute atomic E-state index is 11.6. The Labute approximate surface area is 110 Å². The fraction of sp³-hybridized carbons (Fsp3) is 0.636. The first-order valence-electron chi connectivity index (χ1n) is 5.88. The van der Waals surface area contributed by atoms with Crippen LogP contribution >= 0.6 is 0 Å². The molecule has 0 aromatic heterocycles. The zero-order valence-electron chi connectivity index (χ0n) is 10.9. The molecule has 0 bridgehead atoms. The van der Waals surface area contributed by atoms with Gasteiger partial charge in [0.1, 0.15) is 6.54 Å². The zero-order chi connectivity index (χ0) is 14.6. The van der Waals surface area contributed by atoms with E-state index in [2.05, 4.69) is 10.6 Å². The van der Waals surface area contributed by atoms with E-state index in [9.17, 15) is 19.2 Å². The first-order chi connectivity index (χ1) is 8.80. The predicted octanol–water partition coefficient (Wildman–Crippen LogP) is -0.845. The van der Waals surface area contributed by atoms with Gasteiger partial charge < -0.3 is 15.7 Å². The molecule has 0 saturated carbocycles. The van der Waals surface area contributed by atoms with E-state index < -0.39 is 35.8 Å². The molecule has 19 heavy (non-hydrogen) atoms. The SMILES string of the molecule is CCC(C)(CNC(=O)CN1C(=O)CNC1=O)C(=O)O. The first-order valence-corrected chi connectivity index (χ1v) is 5.88. The summed E-state index contributed by atoms with van der Waals surface area (Å²) in [6.07, 6.45) is 0.353. The van der Waals surface area contributed by atoms with Crippen molar-refractivity contribution >= 4 is 23.8 Å². The van der Waals surface area contributed by atoms with E-state index in [0.717, 1.165) is 4.90 Å². The second-order valence-electron chi connectivity index (χ2n) is 4.63. The van der Waals surface area contributed by atoms with Crippen molar-refractivity contribution in [3.63, 3.8) is 0 Å². The van der Waals surface area contributed by atoms with Gasteiger partial charge >= 0.3 is 12.0 Å². The highest BCUT2D eigenvalue weighted by atomic mass is 16.4. The number of nitrogens with zero attached hydrogens (tertiary/aromatic N) is 1. The number of aliphatic carboxylic acids is 1. The van der Waals surface area contributed by atoms with Crippen LogP contribution in [0.15, 0.2) is 0 Å². The molecule has 1 aliphatic heterocycles. The molecule has 8 nitrogen and oxygen atoms in total. The summed E-state index contributed by atoms with van der Waals surface area (Å²) in [5, 5.41) is 13.8. The molecule has 1 aliphatic rings. The number of amides is 4. The molecule has 8 heteroatoms. The van der Waals surface area contributed by atoms with E-state index >= 15 is 0 Å². The van der Waals surface area contributed by atoms with E-state index in [0.29, 0.717) is 6.42 Å². The van der Waals surface area contributed by atoms with Crippen LogP contribution in [0.1, 0.15) is 20.3 Å². The molecule has 0 radical (unpaired) electrons. The molecule has 106 valence electrons. The summed E-state index contributed by atoms with van der Waals surface area (Å²) in [5.74, 6) is -2.05. The molecular formula is C11H17N3O5. The smallest absolute Gasteiger partial charge is 0.325 e. The Morgan fingerprint density at radius 1 is 1.47 bits per heavy atom. The van der Waals surface area contributed by atoms with Gasteiger partial charge in [0.15, 0.2) is 0 Å². The fourth-order valence-corrected chi connectivity index (χ4v) is 1.46. The maximum atomic E-state index is 11.6. The molecular weight excluding hydrogens is 254 g/mol. The number of carboxylic acids is 1. The summed E-state index contributed by atoms with van der Waals surface area (Å²) in [4.78, 5) is 45.9. The van der Waals surface area contributed by atoms with Gasteiger partial charge in [-0.05, 0) is 13.3 Å². The van der Waals surface area contributed by atoms with Crippen LogP contribution in [0.3, 0.4) is 0 Å². The van der Waals surface area contributed by atoms with Gasteiger partial charge in [-0.25, -0.2) is 4.79 Å². The summed E-state index contributed by atoms with van der Waals surface area (Å²) < 4.78 is 0. The minimum atomic E-state index is -1.06. The average molecular weight is 271 g/mol. The zero-order valence-corrected chi connectivity index (χ0v) is 10.9. The average Bonchev–Trinajstić information content (AvgIpc) is 2.67. The number of carbonyl (C=O) groups is 4. The second-order valence-corrected chi connectivity index (χ2v) is 4.63. The number of carbonyl (C=O) groups excluding carboxylic acids is 3. The lowest BCUT2D eigenvalue weighted by molar-refractivity contribution is -0.148. The van der Waals surface area contributed by atoms with Crippen LogP contribution in [0.2, 0.25) is 0 Å². The molecule has 0 aliphatic carbocycles. The lowest BCUT2D eigenvalue weighted by Crippen LogP contribution is -2.45. The Balaban J connectivity index is 2.50. The fourth-order valence-electron chi connectivity index (χ4n) is 1.46. The van der Waals surface area contributed by atoms with Crippen LogP contribution in [0.25, 0.3) is 0 Å². The minimum Gasteiger partial charge on any atom is -0.481 e. The van der Waals surface area contributed by atoms with Crippen molar-refractivity contribution < 1.29 is 24.3 Å². The standard InChI is InChI=1S/C11H17N3O5/c1-3-11(2,9(17)18)6-13-7(15)5-14-8(16)4-12-10(14)19/h3-6H2,1-2H3,(H,12,19)(H,13,15)(H,17,18). The van der Waals surface area contributed by atoms with Crippen LogP contribution < -0.4 is 10.6 Å². The Morgan fingerprint density at radius 3 is 2.53 bits per heavy atom. The lowest BCUT2D eigenvalue weighted by atomic mass is 9.88. The number of hydrogen-bond acceptors (Lipinski definition) is 4. The molecule has 0 spiro atoms. The highest BCUT2D eigenvalue weighted by molar-refractivity contribution is 6.04. The summed E-state index contributed by atoms with van der Waals surface area (Å²) in [6, 6.07) is -0.614. The Bertz CT molecular complexity index is 407. The predicted molar refractivity (Wildman–Crippen MR) is 64.2 cm³/mol. The molecule has 1 atom stereocenters. The van der Waals surface area contributed by atoms with Gasteiger partial charge in [-0.2, -0.15) is 0 Å². The molecule has 0 aromatic carbocycles. The Kier molecular flexibility index (Phi) is 4.47. The second kappa shape index (κ2) is 5.68. The number of urea groups is 1. The number of carboxylic acid groups (broad SMARTS) is 1. The molecule has 1 heterocycles. The highest BCUT2D eigenvalue weighted by Gasteiger charge is 2.33. The molecule has 4 amide bonds. The van der Waals surface area contributed by atoms with E-state index in [1.165, 1.54) is 6.92 Å². The van der Waals surface area contributed by atoms with Crippen molar-refractivity contribution in [2.45, 2.75) is 20.3 Å². The van der Waals surface area contributed by atoms with E-state index in [1.807, 2.05) is 0 Å². The third kappa shape index (κ3) is 3.43. The number of rotatable bonds is 6. The highest BCUT2D eigenvalue weighted by Crippen LogP contribution is 2.19. The van der Waals surface area contributed by atoms with Gasteiger partial charge in [0, 0.05) is 6.54 Å². The number of hydrogen-bond donors (Lipinski definition) is 3. The molecule has 1 saturated heterocycles. The van der Waals surface area contributed by atoms with Crippen LogP contribution in [0.4, 0.5) is 4.79 Å². The van der Waals surface area contributed by atoms with E-state index in [-0.39, 0.29) is 13.1 Å². The normalized spacial score (nSPS) is 17.9. The molecule has 0 aromatic rings. The molecule has 1 rings (SSSR count). The van der Waals surface area contributed by atoms with Crippen molar-refractivity contribution in [1.29, 1.82) is 0 Å². The maximum Gasteiger partial charge on any atom is 0.325 e. The summed E-state index contributed by atoms with van der Waals surface area (Å²) >= 11 is 0. The van der Waals surface area contributed by atoms with Crippen molar-refractivity contribution in [2.75, 3.05) is 19.6 Å². The number of nitrogens with one attached hydrogen (secondary N) is 2. The van der Waals surface area contributed by atoms with Crippen molar-refractivity contribution in [3.05, 3.63) is 0 Å². The van der Waals surface area contributed by atoms with E-state index in [4.69, 9.17) is 5.11 Å². The minimum absolute atomic E-state index is 0.0542. The molecule has 1 unspecified atom stereocenters. The van der Waals surface area contributed by atoms with Crippen LogP contribution in [0.5, 0.6) is 0 Å². The topological polar surface area (TPSA) is 116 Å². The quantitative estimate of drug-likeness (QED) is 0.544. The largest absolute Gasteiger partial charge is 0.481 e. The van der Waals surface area contributed by atoms with Gasteiger partial charge in [-0.3, -0.25) is 19.3 Å². The summed E-state index contributed by atoms with van der Waals surface area (Å²) in [6.45, 7) is 2.65. The molecule has 3 N–H and O–H groups in total. The van der Waals surface area contributed by atoms with Crippen molar-refractivity contribution in [2.24, 2.45) is 5.41 Å².